The number of nitrogens with zero attached hydrogens (tertiary/aromatic N) is 1. The summed E-state index contributed by atoms with van der Waals surface area (Å²) >= 11 is 0. The molecule has 0 spiro atoms. The number of carbonyl (C=O) groups is 5. The quantitative estimate of drug-likeness (QED) is 0.0977. The normalized spacial score (nSPS) is 13.9. The molecule has 13 nitrogen and oxygen atoms in total. The van der Waals surface area contributed by atoms with E-state index < -0.39 is 6.04 Å². The predicted octanol–water partition coefficient (Wildman–Crippen LogP) is 4.64. The molecular formula is C40H44N6O7. The van der Waals surface area contributed by atoms with Gasteiger partial charge in [0.25, 0.3) is 23.6 Å². The van der Waals surface area contributed by atoms with Gasteiger partial charge in [-0.15, -0.1) is 0 Å². The summed E-state index contributed by atoms with van der Waals surface area (Å²) in [5.41, 5.74) is 10.3. The molecule has 3 aromatic carbocycles. The van der Waals surface area contributed by atoms with Crippen molar-refractivity contribution >= 4 is 40.9 Å². The largest absolute Gasteiger partial charge is 0.482 e. The fourth-order valence-corrected chi connectivity index (χ4v) is 6.00. The monoisotopic (exact) mass is 720 g/mol. The van der Waals surface area contributed by atoms with E-state index in [1.54, 1.807) is 73.2 Å². The second kappa shape index (κ2) is 17.5. The molecule has 276 valence electrons. The molecule has 1 saturated carbocycles. The number of hydrogen-bond donors (Lipinski definition) is 5. The average molecular weight is 721 g/mol. The van der Waals surface area contributed by atoms with Crippen molar-refractivity contribution in [2.75, 3.05) is 30.3 Å². The Morgan fingerprint density at radius 3 is 2.19 bits per heavy atom. The van der Waals surface area contributed by atoms with Gasteiger partial charge in [-0.3, -0.25) is 24.0 Å². The first-order valence-electron chi connectivity index (χ1n) is 17.9. The molecule has 0 bridgehead atoms. The molecule has 1 fully saturated rings. The minimum absolute atomic E-state index is 0.0842. The Hall–Kier alpha value is -5.95. The highest BCUT2D eigenvalue weighted by Crippen LogP contribution is 2.33. The number of hydrogen-bond acceptors (Lipinski definition) is 8. The molecule has 2 heterocycles. The van der Waals surface area contributed by atoms with Crippen molar-refractivity contribution in [3.8, 4) is 5.75 Å². The molecule has 0 saturated heterocycles. The lowest BCUT2D eigenvalue weighted by Crippen LogP contribution is -2.42. The number of benzene rings is 3. The molecule has 53 heavy (non-hydrogen) atoms. The molecule has 13 heteroatoms. The fourth-order valence-electron chi connectivity index (χ4n) is 6.00. The number of fused-ring (bicyclic) bond motifs is 1. The summed E-state index contributed by atoms with van der Waals surface area (Å²) < 4.78 is 10.5. The summed E-state index contributed by atoms with van der Waals surface area (Å²) in [4.78, 5) is 64.7. The van der Waals surface area contributed by atoms with Gasteiger partial charge in [0.05, 0.1) is 24.3 Å². The number of nitrogens with one attached hydrogen (secondary N) is 4. The van der Waals surface area contributed by atoms with E-state index in [4.69, 9.17) is 14.9 Å². The highest BCUT2D eigenvalue weighted by atomic mass is 16.5. The van der Waals surface area contributed by atoms with E-state index in [1.807, 2.05) is 17.0 Å². The Labute approximate surface area is 307 Å². The third-order valence-electron chi connectivity index (χ3n) is 9.14. The molecular weight excluding hydrogens is 676 g/mol. The molecule has 1 aliphatic carbocycles. The Morgan fingerprint density at radius 1 is 0.811 bits per heavy atom. The first-order chi connectivity index (χ1) is 25.7. The van der Waals surface area contributed by atoms with Gasteiger partial charge in [0, 0.05) is 48.1 Å². The number of carbonyl (C=O) groups excluding carboxylic acids is 5. The predicted molar refractivity (Wildman–Crippen MR) is 198 cm³/mol. The number of rotatable bonds is 17. The topological polar surface area (TPSA) is 185 Å². The summed E-state index contributed by atoms with van der Waals surface area (Å²) in [6.45, 7) is 1.40. The molecule has 6 N–H and O–H groups in total. The van der Waals surface area contributed by atoms with Gasteiger partial charge in [-0.25, -0.2) is 0 Å². The Bertz CT molecular complexity index is 1910. The van der Waals surface area contributed by atoms with Crippen LogP contribution in [-0.4, -0.2) is 66.2 Å². The highest BCUT2D eigenvalue weighted by molar-refractivity contribution is 6.04. The molecule has 0 unspecified atom stereocenters. The van der Waals surface area contributed by atoms with E-state index in [9.17, 15) is 24.0 Å². The van der Waals surface area contributed by atoms with Gasteiger partial charge in [0.2, 0.25) is 5.91 Å². The number of furan rings is 1. The number of anilines is 2. The lowest BCUT2D eigenvalue weighted by atomic mass is 10.1. The average Bonchev–Trinajstić information content (AvgIpc) is 3.89. The maximum absolute atomic E-state index is 13.5. The smallest absolute Gasteiger partial charge is 0.262 e. The van der Waals surface area contributed by atoms with Crippen LogP contribution in [0.2, 0.25) is 0 Å². The van der Waals surface area contributed by atoms with Crippen LogP contribution in [0.1, 0.15) is 80.7 Å². The van der Waals surface area contributed by atoms with E-state index in [1.165, 1.54) is 0 Å². The zero-order valence-corrected chi connectivity index (χ0v) is 29.4. The molecule has 5 amide bonds. The Balaban J connectivity index is 0.889. The summed E-state index contributed by atoms with van der Waals surface area (Å²) in [6, 6.07) is 20.2. The van der Waals surface area contributed by atoms with Crippen molar-refractivity contribution in [3.05, 3.63) is 113 Å². The van der Waals surface area contributed by atoms with E-state index in [0.29, 0.717) is 59.9 Å². The van der Waals surface area contributed by atoms with Gasteiger partial charge < -0.3 is 41.1 Å². The molecule has 4 aromatic rings. The summed E-state index contributed by atoms with van der Waals surface area (Å²) in [6.07, 6.45) is 8.90. The van der Waals surface area contributed by atoms with Crippen molar-refractivity contribution in [1.29, 1.82) is 0 Å². The first-order valence-corrected chi connectivity index (χ1v) is 17.9. The number of ether oxygens (including phenoxy) is 1. The maximum Gasteiger partial charge on any atom is 0.262 e. The first kappa shape index (κ1) is 36.8. The van der Waals surface area contributed by atoms with Crippen molar-refractivity contribution in [1.82, 2.24) is 15.5 Å². The number of unbranched alkanes of at least 4 members (excludes halogenated alkanes) is 3. The van der Waals surface area contributed by atoms with Gasteiger partial charge >= 0.3 is 0 Å². The SMILES string of the molecule is N[C@@H](Cc1ccoc1)C(=O)NCCCCCCNC(=O)c1ccc(NC(=O)c2ccc(CN(C(=O)c3ccc4c(c3)OCC(=O)N4)C3CC3)cc2)cc1. The van der Waals surface area contributed by atoms with Crippen LogP contribution in [-0.2, 0) is 22.6 Å². The molecule has 6 rings (SSSR count). The van der Waals surface area contributed by atoms with Crippen LogP contribution in [0, 0.1) is 0 Å². The zero-order chi connectivity index (χ0) is 37.2. The molecule has 1 atom stereocenters. The number of amides is 5. The van der Waals surface area contributed by atoms with Gasteiger partial charge in [-0.1, -0.05) is 25.0 Å². The highest BCUT2D eigenvalue weighted by Gasteiger charge is 2.33. The summed E-state index contributed by atoms with van der Waals surface area (Å²) in [5.74, 6) is -0.533. The van der Waals surface area contributed by atoms with Crippen molar-refractivity contribution in [2.45, 2.75) is 63.6 Å². The van der Waals surface area contributed by atoms with E-state index in [-0.39, 0.29) is 42.2 Å². The van der Waals surface area contributed by atoms with Crippen LogP contribution in [0.25, 0.3) is 0 Å². The number of nitrogens with two attached hydrogens (primary N) is 1. The van der Waals surface area contributed by atoms with Crippen LogP contribution in [0.3, 0.4) is 0 Å². The molecule has 0 radical (unpaired) electrons. The lowest BCUT2D eigenvalue weighted by Gasteiger charge is -2.24. The minimum atomic E-state index is -0.612. The maximum atomic E-state index is 13.5. The molecule has 2 aliphatic rings. The van der Waals surface area contributed by atoms with Gasteiger partial charge in [-0.2, -0.15) is 0 Å². The van der Waals surface area contributed by atoms with Gasteiger partial charge in [0.15, 0.2) is 6.61 Å². The minimum Gasteiger partial charge on any atom is -0.482 e. The van der Waals surface area contributed by atoms with Crippen molar-refractivity contribution < 1.29 is 33.1 Å². The fraction of sp³-hybridized carbons (Fsp3) is 0.325. The summed E-state index contributed by atoms with van der Waals surface area (Å²) in [7, 11) is 0. The third-order valence-corrected chi connectivity index (χ3v) is 9.14. The van der Waals surface area contributed by atoms with Crippen LogP contribution in [0.5, 0.6) is 5.75 Å². The lowest BCUT2D eigenvalue weighted by molar-refractivity contribution is -0.122. The van der Waals surface area contributed by atoms with Crippen LogP contribution >= 0.6 is 0 Å². The Kier molecular flexibility index (Phi) is 12.2. The second-order valence-electron chi connectivity index (χ2n) is 13.3. The van der Waals surface area contributed by atoms with Gasteiger partial charge in [0.1, 0.15) is 5.75 Å². The van der Waals surface area contributed by atoms with Gasteiger partial charge in [-0.05, 0) is 104 Å². The van der Waals surface area contributed by atoms with Crippen LogP contribution < -0.4 is 31.7 Å². The second-order valence-corrected chi connectivity index (χ2v) is 13.3. The Morgan fingerprint density at radius 2 is 1.49 bits per heavy atom. The zero-order valence-electron chi connectivity index (χ0n) is 29.4. The molecule has 1 aliphatic heterocycles. The van der Waals surface area contributed by atoms with E-state index >= 15 is 0 Å². The standard InChI is InChI=1S/C40H44N6O7/c41-33(21-27-17-20-52-24-27)39(50)43-19-4-2-1-3-18-42-37(48)28-9-12-31(13-10-28)44-38(49)29-7-5-26(6-8-29)23-46(32-14-15-32)40(51)30-11-16-34-35(22-30)53-25-36(47)45-34/h5-13,16-17,20,22,24,32-33H,1-4,14-15,18-19,21,23,25,41H2,(H,42,48)(H,43,50)(H,44,49)(H,45,47)/t33-/m0/s1. The molecule has 1 aromatic heterocycles. The van der Waals surface area contributed by atoms with Crippen molar-refractivity contribution in [3.63, 3.8) is 0 Å². The van der Waals surface area contributed by atoms with E-state index in [0.717, 1.165) is 49.7 Å². The van der Waals surface area contributed by atoms with Crippen LogP contribution in [0.4, 0.5) is 11.4 Å². The summed E-state index contributed by atoms with van der Waals surface area (Å²) in [5, 5.41) is 11.4. The third kappa shape index (κ3) is 10.3. The van der Waals surface area contributed by atoms with Crippen LogP contribution in [0.15, 0.2) is 89.7 Å². The van der Waals surface area contributed by atoms with Crippen molar-refractivity contribution in [2.24, 2.45) is 5.73 Å². The van der Waals surface area contributed by atoms with E-state index in [2.05, 4.69) is 21.3 Å².